The van der Waals surface area contributed by atoms with E-state index in [0.29, 0.717) is 0 Å². The molecule has 44 valence electrons. The average Bonchev–Trinajstić information content (AvgIpc) is 1.68. The number of nitrogens with two attached hydrogens (primary N) is 1. The molecule has 4 heteroatoms. The lowest BCUT2D eigenvalue weighted by molar-refractivity contribution is -0.0409. The summed E-state index contributed by atoms with van der Waals surface area (Å²) in [4.78, 5) is 4.47. The average molecular weight is 106 g/mol. The molecule has 1 atom stereocenters. The largest absolute Gasteiger partial charge is 0.394 e. The van der Waals surface area contributed by atoms with Gasteiger partial charge in [-0.15, -0.1) is 5.59 Å². The SMILES string of the molecule is CC(CO)ONN. The zero-order chi connectivity index (χ0) is 5.70. The monoisotopic (exact) mass is 106 g/mol. The van der Waals surface area contributed by atoms with Crippen LogP contribution in [0.3, 0.4) is 0 Å². The lowest BCUT2D eigenvalue weighted by atomic mass is 10.5. The van der Waals surface area contributed by atoms with Gasteiger partial charge in [-0.1, -0.05) is 0 Å². The van der Waals surface area contributed by atoms with Crippen molar-refractivity contribution in [1.29, 1.82) is 0 Å². The third kappa shape index (κ3) is 3.68. The number of aliphatic hydroxyl groups excluding tert-OH is 1. The van der Waals surface area contributed by atoms with Crippen molar-refractivity contribution >= 4 is 0 Å². The van der Waals surface area contributed by atoms with Crippen molar-refractivity contribution in [1.82, 2.24) is 5.59 Å². The molecule has 0 radical (unpaired) electrons. The summed E-state index contributed by atoms with van der Waals surface area (Å²) in [5, 5.41) is 8.25. The second-order valence-corrected chi connectivity index (χ2v) is 1.23. The van der Waals surface area contributed by atoms with Crippen molar-refractivity contribution < 1.29 is 9.94 Å². The minimum atomic E-state index is -0.231. The smallest absolute Gasteiger partial charge is 0.101 e. The minimum Gasteiger partial charge on any atom is -0.394 e. The first-order valence-corrected chi connectivity index (χ1v) is 2.03. The van der Waals surface area contributed by atoms with E-state index in [1.807, 2.05) is 5.59 Å². The molecule has 1 unspecified atom stereocenters. The maximum absolute atomic E-state index is 8.25. The van der Waals surface area contributed by atoms with E-state index in [1.165, 1.54) is 0 Å². The molecule has 0 saturated carbocycles. The van der Waals surface area contributed by atoms with Gasteiger partial charge in [-0.2, -0.15) is 0 Å². The Bertz CT molecular complexity index is 41.9. The Labute approximate surface area is 42.2 Å². The Balaban J connectivity index is 2.83. The van der Waals surface area contributed by atoms with Crippen LogP contribution in [0.1, 0.15) is 6.92 Å². The summed E-state index contributed by atoms with van der Waals surface area (Å²) < 4.78 is 0. The zero-order valence-corrected chi connectivity index (χ0v) is 4.22. The fourth-order valence-corrected chi connectivity index (χ4v) is 0.153. The first-order valence-electron chi connectivity index (χ1n) is 2.03. The van der Waals surface area contributed by atoms with Crippen LogP contribution in [0, 0.1) is 0 Å². The van der Waals surface area contributed by atoms with Gasteiger partial charge < -0.3 is 5.11 Å². The van der Waals surface area contributed by atoms with E-state index < -0.39 is 0 Å². The van der Waals surface area contributed by atoms with E-state index >= 15 is 0 Å². The van der Waals surface area contributed by atoms with Crippen LogP contribution >= 0.6 is 0 Å². The van der Waals surface area contributed by atoms with Crippen molar-refractivity contribution in [3.8, 4) is 0 Å². The normalized spacial score (nSPS) is 14.1. The number of hydrogen-bond donors (Lipinski definition) is 3. The van der Waals surface area contributed by atoms with Crippen LogP contribution in [-0.4, -0.2) is 17.8 Å². The molecule has 4 N–H and O–H groups in total. The molecule has 0 bridgehead atoms. The van der Waals surface area contributed by atoms with E-state index in [4.69, 9.17) is 10.9 Å². The van der Waals surface area contributed by atoms with Crippen LogP contribution in [-0.2, 0) is 4.84 Å². The van der Waals surface area contributed by atoms with Gasteiger partial charge in [0.25, 0.3) is 0 Å². The Morgan fingerprint density at radius 1 is 2.00 bits per heavy atom. The van der Waals surface area contributed by atoms with Crippen LogP contribution in [0.4, 0.5) is 0 Å². The summed E-state index contributed by atoms with van der Waals surface area (Å²) in [5.41, 5.74) is 1.96. The first-order chi connectivity index (χ1) is 3.31. The fourth-order valence-electron chi connectivity index (χ4n) is 0.153. The van der Waals surface area contributed by atoms with Gasteiger partial charge in [-0.05, 0) is 6.92 Å². The Morgan fingerprint density at radius 2 is 2.57 bits per heavy atom. The van der Waals surface area contributed by atoms with Crippen molar-refractivity contribution in [2.75, 3.05) is 6.61 Å². The molecule has 0 aromatic rings. The van der Waals surface area contributed by atoms with Gasteiger partial charge in [0, 0.05) is 0 Å². The molecule has 0 spiro atoms. The van der Waals surface area contributed by atoms with Gasteiger partial charge in [0.05, 0.1) is 6.61 Å². The highest BCUT2D eigenvalue weighted by Gasteiger charge is 1.94. The highest BCUT2D eigenvalue weighted by Crippen LogP contribution is 1.79. The number of hydrogen-bond acceptors (Lipinski definition) is 4. The third-order valence-corrected chi connectivity index (χ3v) is 0.526. The maximum atomic E-state index is 8.25. The molecule has 0 rings (SSSR count). The molecule has 0 aliphatic heterocycles. The van der Waals surface area contributed by atoms with Crippen LogP contribution in [0.15, 0.2) is 0 Å². The molecule has 0 aromatic heterocycles. The van der Waals surface area contributed by atoms with Crippen LogP contribution in [0.25, 0.3) is 0 Å². The molecule has 7 heavy (non-hydrogen) atoms. The molecule has 0 aromatic carbocycles. The Morgan fingerprint density at radius 3 is 2.71 bits per heavy atom. The van der Waals surface area contributed by atoms with Gasteiger partial charge in [0.15, 0.2) is 0 Å². The predicted molar refractivity (Wildman–Crippen MR) is 25.0 cm³/mol. The van der Waals surface area contributed by atoms with E-state index in [0.717, 1.165) is 0 Å². The Kier molecular flexibility index (Phi) is 3.92. The van der Waals surface area contributed by atoms with Crippen molar-refractivity contribution in [2.45, 2.75) is 13.0 Å². The highest BCUT2D eigenvalue weighted by atomic mass is 16.7. The predicted octanol–water partition coefficient (Wildman–Crippen LogP) is -1.24. The molecule has 4 nitrogen and oxygen atoms in total. The van der Waals surface area contributed by atoms with Crippen LogP contribution in [0.5, 0.6) is 0 Å². The molecule has 0 saturated heterocycles. The van der Waals surface area contributed by atoms with Gasteiger partial charge in [-0.3, -0.25) is 4.84 Å². The van der Waals surface area contributed by atoms with E-state index in [2.05, 4.69) is 4.84 Å². The zero-order valence-electron chi connectivity index (χ0n) is 4.22. The van der Waals surface area contributed by atoms with E-state index in [-0.39, 0.29) is 12.7 Å². The maximum Gasteiger partial charge on any atom is 0.101 e. The van der Waals surface area contributed by atoms with Crippen molar-refractivity contribution in [3.05, 3.63) is 0 Å². The molecular formula is C3H10N2O2. The lowest BCUT2D eigenvalue weighted by Crippen LogP contribution is -2.29. The standard InChI is InChI=1S/C3H10N2O2/c1-3(2-6)7-5-4/h3,5-6H,2,4H2,1H3. The van der Waals surface area contributed by atoms with Crippen molar-refractivity contribution in [3.63, 3.8) is 0 Å². The third-order valence-electron chi connectivity index (χ3n) is 0.526. The highest BCUT2D eigenvalue weighted by molar-refractivity contribution is 4.38. The number of rotatable bonds is 3. The molecule has 0 amide bonds. The second-order valence-electron chi connectivity index (χ2n) is 1.23. The molecule has 0 aliphatic carbocycles. The van der Waals surface area contributed by atoms with E-state index in [1.54, 1.807) is 6.92 Å². The summed E-state index contributed by atoms with van der Waals surface area (Å²) in [6, 6.07) is 0. The van der Waals surface area contributed by atoms with Gasteiger partial charge in [0.1, 0.15) is 6.10 Å². The van der Waals surface area contributed by atoms with Gasteiger partial charge in [-0.25, -0.2) is 5.84 Å². The summed E-state index contributed by atoms with van der Waals surface area (Å²) in [6.07, 6.45) is -0.231. The summed E-state index contributed by atoms with van der Waals surface area (Å²) in [5.74, 6) is 4.72. The molecule has 0 aliphatic rings. The van der Waals surface area contributed by atoms with Crippen LogP contribution < -0.4 is 11.4 Å². The minimum absolute atomic E-state index is 0.0236. The van der Waals surface area contributed by atoms with Crippen molar-refractivity contribution in [2.24, 2.45) is 5.84 Å². The van der Waals surface area contributed by atoms with Gasteiger partial charge in [0.2, 0.25) is 0 Å². The summed E-state index contributed by atoms with van der Waals surface area (Å²) in [7, 11) is 0. The van der Waals surface area contributed by atoms with Gasteiger partial charge >= 0.3 is 0 Å². The Hall–Kier alpha value is -0.160. The van der Waals surface area contributed by atoms with E-state index in [9.17, 15) is 0 Å². The topological polar surface area (TPSA) is 67.5 Å². The quantitative estimate of drug-likeness (QED) is 0.311. The second kappa shape index (κ2) is 4.01. The number of aliphatic hydroxyl groups is 1. The summed E-state index contributed by atoms with van der Waals surface area (Å²) >= 11 is 0. The van der Waals surface area contributed by atoms with Crippen LogP contribution in [0.2, 0.25) is 0 Å². The fraction of sp³-hybridized carbons (Fsp3) is 1.00. The molecule has 0 fully saturated rings. The summed E-state index contributed by atoms with van der Waals surface area (Å²) in [6.45, 7) is 1.67. The lowest BCUT2D eigenvalue weighted by Gasteiger charge is -2.04. The number of hydrazine groups is 1. The molecular weight excluding hydrogens is 96.0 g/mol. The number of nitrogens with one attached hydrogen (secondary N) is 1. The first kappa shape index (κ1) is 6.84. The molecule has 0 heterocycles.